The first-order valence-electron chi connectivity index (χ1n) is 8.54. The molecule has 0 aliphatic carbocycles. The Bertz CT molecular complexity index is 657. The first kappa shape index (κ1) is 19.9. The highest BCUT2D eigenvalue weighted by molar-refractivity contribution is 5.92. The summed E-state index contributed by atoms with van der Waals surface area (Å²) in [5.41, 5.74) is -0.284. The van der Waals surface area contributed by atoms with Crippen LogP contribution in [0, 0.1) is 10.1 Å². The molecule has 1 aromatic rings. The molecule has 1 saturated heterocycles. The summed E-state index contributed by atoms with van der Waals surface area (Å²) < 4.78 is 4.99. The monoisotopic (exact) mass is 365 g/mol. The third kappa shape index (κ3) is 5.06. The topological polar surface area (TPSA) is 100.0 Å². The standard InChI is InChI=1S/C17H27N5O4/c1-17(2,21-9-7-20(3)8-10-21)12-18-16(23)19-14-6-5-13(26-4)11-15(14)22(24)25/h5-6,11H,7-10,12H2,1-4H3,(H2,18,19,23). The number of anilines is 1. The number of hydrogen-bond acceptors (Lipinski definition) is 6. The van der Waals surface area contributed by atoms with E-state index in [9.17, 15) is 14.9 Å². The average Bonchev–Trinajstić information content (AvgIpc) is 2.60. The van der Waals surface area contributed by atoms with E-state index in [0.29, 0.717) is 12.3 Å². The molecule has 1 fully saturated rings. The number of piperazine rings is 1. The average molecular weight is 365 g/mol. The number of carbonyl (C=O) groups is 1. The fourth-order valence-corrected chi connectivity index (χ4v) is 2.88. The van der Waals surface area contributed by atoms with Gasteiger partial charge in [0.1, 0.15) is 11.4 Å². The number of amides is 2. The van der Waals surface area contributed by atoms with Gasteiger partial charge in [0.15, 0.2) is 0 Å². The molecule has 0 unspecified atom stereocenters. The summed E-state index contributed by atoms with van der Waals surface area (Å²) in [5.74, 6) is 0.360. The normalized spacial score (nSPS) is 16.2. The molecule has 2 rings (SSSR count). The molecule has 1 aliphatic rings. The molecular weight excluding hydrogens is 338 g/mol. The molecule has 1 aromatic carbocycles. The van der Waals surface area contributed by atoms with Crippen LogP contribution in [0.3, 0.4) is 0 Å². The number of nitro groups is 1. The van der Waals surface area contributed by atoms with E-state index in [1.54, 1.807) is 6.07 Å². The Morgan fingerprint density at radius 3 is 2.54 bits per heavy atom. The molecule has 2 N–H and O–H groups in total. The molecule has 26 heavy (non-hydrogen) atoms. The van der Waals surface area contributed by atoms with Crippen LogP contribution in [-0.4, -0.2) is 73.2 Å². The first-order valence-corrected chi connectivity index (χ1v) is 8.54. The van der Waals surface area contributed by atoms with Crippen LogP contribution in [0.15, 0.2) is 18.2 Å². The molecule has 2 amide bonds. The predicted octanol–water partition coefficient (Wildman–Crippen LogP) is 1.75. The quantitative estimate of drug-likeness (QED) is 0.588. The lowest BCUT2D eigenvalue weighted by atomic mass is 10.0. The van der Waals surface area contributed by atoms with Gasteiger partial charge in [0.2, 0.25) is 0 Å². The van der Waals surface area contributed by atoms with Crippen LogP contribution in [0.2, 0.25) is 0 Å². The van der Waals surface area contributed by atoms with E-state index in [2.05, 4.69) is 41.3 Å². The van der Waals surface area contributed by atoms with Gasteiger partial charge < -0.3 is 20.3 Å². The zero-order chi connectivity index (χ0) is 19.3. The molecular formula is C17H27N5O4. The highest BCUT2D eigenvalue weighted by Gasteiger charge is 2.29. The van der Waals surface area contributed by atoms with E-state index in [4.69, 9.17) is 4.74 Å². The number of nitrogens with zero attached hydrogens (tertiary/aromatic N) is 3. The fraction of sp³-hybridized carbons (Fsp3) is 0.588. The predicted molar refractivity (Wildman–Crippen MR) is 99.8 cm³/mol. The smallest absolute Gasteiger partial charge is 0.319 e. The fourth-order valence-electron chi connectivity index (χ4n) is 2.88. The Morgan fingerprint density at radius 2 is 1.96 bits per heavy atom. The zero-order valence-corrected chi connectivity index (χ0v) is 15.7. The second kappa shape index (κ2) is 8.33. The number of hydrogen-bond donors (Lipinski definition) is 2. The van der Waals surface area contributed by atoms with Crippen molar-refractivity contribution < 1.29 is 14.5 Å². The van der Waals surface area contributed by atoms with E-state index in [-0.39, 0.29) is 16.9 Å². The van der Waals surface area contributed by atoms with Gasteiger partial charge in [-0.3, -0.25) is 15.0 Å². The molecule has 0 bridgehead atoms. The molecule has 0 radical (unpaired) electrons. The zero-order valence-electron chi connectivity index (χ0n) is 15.7. The number of benzene rings is 1. The van der Waals surface area contributed by atoms with Gasteiger partial charge in [-0.05, 0) is 33.0 Å². The number of carbonyl (C=O) groups excluding carboxylic acids is 1. The van der Waals surface area contributed by atoms with Gasteiger partial charge in [-0.1, -0.05) is 0 Å². The van der Waals surface area contributed by atoms with Gasteiger partial charge in [0.05, 0.1) is 18.1 Å². The Balaban J connectivity index is 1.95. The molecule has 9 heteroatoms. The minimum Gasteiger partial charge on any atom is -0.496 e. The first-order chi connectivity index (χ1) is 12.2. The van der Waals surface area contributed by atoms with Crippen molar-refractivity contribution in [3.05, 3.63) is 28.3 Å². The van der Waals surface area contributed by atoms with Crippen LogP contribution in [0.1, 0.15) is 13.8 Å². The van der Waals surface area contributed by atoms with E-state index >= 15 is 0 Å². The summed E-state index contributed by atoms with van der Waals surface area (Å²) in [5, 5.41) is 16.6. The van der Waals surface area contributed by atoms with Gasteiger partial charge in [0, 0.05) is 38.3 Å². The summed E-state index contributed by atoms with van der Waals surface area (Å²) in [4.78, 5) is 27.5. The van der Waals surface area contributed by atoms with Crippen LogP contribution in [0.4, 0.5) is 16.2 Å². The number of likely N-dealkylation sites (N-methyl/N-ethyl adjacent to an activating group) is 1. The maximum absolute atomic E-state index is 12.2. The van der Waals surface area contributed by atoms with Crippen LogP contribution < -0.4 is 15.4 Å². The maximum atomic E-state index is 12.2. The Kier molecular flexibility index (Phi) is 6.38. The van der Waals surface area contributed by atoms with Crippen molar-refractivity contribution in [3.63, 3.8) is 0 Å². The molecule has 0 aromatic heterocycles. The second-order valence-electron chi connectivity index (χ2n) is 7.05. The summed E-state index contributed by atoms with van der Waals surface area (Å²) in [7, 11) is 3.52. The van der Waals surface area contributed by atoms with E-state index in [1.165, 1.54) is 19.2 Å². The molecule has 0 atom stereocenters. The van der Waals surface area contributed by atoms with Gasteiger partial charge >= 0.3 is 6.03 Å². The van der Waals surface area contributed by atoms with Crippen molar-refractivity contribution in [3.8, 4) is 5.75 Å². The number of nitrogens with one attached hydrogen (secondary N) is 2. The maximum Gasteiger partial charge on any atom is 0.319 e. The Labute approximate surface area is 153 Å². The third-order valence-corrected chi connectivity index (χ3v) is 4.69. The second-order valence-corrected chi connectivity index (χ2v) is 7.05. The van der Waals surface area contributed by atoms with Crippen molar-refractivity contribution in [2.75, 3.05) is 52.2 Å². The van der Waals surface area contributed by atoms with Gasteiger partial charge in [-0.15, -0.1) is 0 Å². The summed E-state index contributed by atoms with van der Waals surface area (Å²) in [6.07, 6.45) is 0. The van der Waals surface area contributed by atoms with Gasteiger partial charge in [-0.2, -0.15) is 0 Å². The number of urea groups is 1. The van der Waals surface area contributed by atoms with Crippen LogP contribution in [0.5, 0.6) is 5.75 Å². The van der Waals surface area contributed by atoms with Crippen LogP contribution >= 0.6 is 0 Å². The van der Waals surface area contributed by atoms with Crippen molar-refractivity contribution in [1.29, 1.82) is 0 Å². The number of nitro benzene ring substituents is 1. The summed E-state index contributed by atoms with van der Waals surface area (Å²) in [6.45, 7) is 8.46. The number of ether oxygens (including phenoxy) is 1. The van der Waals surface area contributed by atoms with Gasteiger partial charge in [-0.25, -0.2) is 4.79 Å². The Hall–Kier alpha value is -2.39. The highest BCUT2D eigenvalue weighted by atomic mass is 16.6. The van der Waals surface area contributed by atoms with Crippen molar-refractivity contribution >= 4 is 17.4 Å². The lowest BCUT2D eigenvalue weighted by Gasteiger charge is -2.43. The van der Waals surface area contributed by atoms with E-state index in [0.717, 1.165) is 26.2 Å². The molecule has 0 spiro atoms. The lowest BCUT2D eigenvalue weighted by Crippen LogP contribution is -2.58. The van der Waals surface area contributed by atoms with Crippen molar-refractivity contribution in [2.45, 2.75) is 19.4 Å². The number of rotatable bonds is 6. The largest absolute Gasteiger partial charge is 0.496 e. The van der Waals surface area contributed by atoms with Crippen molar-refractivity contribution in [2.24, 2.45) is 0 Å². The Morgan fingerprint density at radius 1 is 1.31 bits per heavy atom. The summed E-state index contributed by atoms with van der Waals surface area (Å²) >= 11 is 0. The SMILES string of the molecule is COc1ccc(NC(=O)NCC(C)(C)N2CCN(C)CC2)c([N+](=O)[O-])c1. The molecule has 1 aliphatic heterocycles. The third-order valence-electron chi connectivity index (χ3n) is 4.69. The molecule has 144 valence electrons. The molecule has 1 heterocycles. The molecule has 0 saturated carbocycles. The number of methoxy groups -OCH3 is 1. The molecule has 9 nitrogen and oxygen atoms in total. The minimum absolute atomic E-state index is 0.130. The lowest BCUT2D eigenvalue weighted by molar-refractivity contribution is -0.384. The van der Waals surface area contributed by atoms with E-state index < -0.39 is 11.0 Å². The minimum atomic E-state index is -0.549. The van der Waals surface area contributed by atoms with Crippen LogP contribution in [0.25, 0.3) is 0 Å². The highest BCUT2D eigenvalue weighted by Crippen LogP contribution is 2.28. The summed E-state index contributed by atoms with van der Waals surface area (Å²) in [6, 6.07) is 3.84. The van der Waals surface area contributed by atoms with Crippen molar-refractivity contribution in [1.82, 2.24) is 15.1 Å². The van der Waals surface area contributed by atoms with Crippen LogP contribution in [-0.2, 0) is 0 Å². The van der Waals surface area contributed by atoms with E-state index in [1.807, 2.05) is 0 Å². The van der Waals surface area contributed by atoms with Gasteiger partial charge in [0.25, 0.3) is 5.69 Å².